The molecule has 0 amide bonds. The van der Waals surface area contributed by atoms with Gasteiger partial charge in [-0.3, -0.25) is 0 Å². The first-order valence-corrected chi connectivity index (χ1v) is 18.4. The highest BCUT2D eigenvalue weighted by Gasteiger charge is 2.36. The van der Waals surface area contributed by atoms with E-state index in [9.17, 15) is 0 Å². The van der Waals surface area contributed by atoms with E-state index >= 15 is 0 Å². The molecule has 2 nitrogen and oxygen atoms in total. The van der Waals surface area contributed by atoms with Crippen LogP contribution in [0, 0.1) is 0 Å². The summed E-state index contributed by atoms with van der Waals surface area (Å²) in [4.78, 5) is 2.51. The van der Waals surface area contributed by atoms with Crippen LogP contribution in [0.1, 0.15) is 25.0 Å². The Bertz CT molecular complexity index is 2780. The van der Waals surface area contributed by atoms with Crippen molar-refractivity contribution in [3.63, 3.8) is 0 Å². The smallest absolute Gasteiger partial charge is 0.0788 e. The van der Waals surface area contributed by atoms with E-state index in [0.717, 1.165) is 22.7 Å². The molecule has 1 aliphatic carbocycles. The summed E-state index contributed by atoms with van der Waals surface area (Å²) in [6, 6.07) is 70.9. The number of hydrogen-bond donors (Lipinski definition) is 0. The first-order chi connectivity index (χ1) is 26.1. The van der Waals surface area contributed by atoms with Crippen LogP contribution in [0.3, 0.4) is 0 Å². The van der Waals surface area contributed by atoms with Crippen molar-refractivity contribution in [3.8, 4) is 39.1 Å². The number of fused-ring (bicyclic) bond motifs is 6. The molecule has 1 aliphatic rings. The lowest BCUT2D eigenvalue weighted by molar-refractivity contribution is 0.660. The molecule has 53 heavy (non-hydrogen) atoms. The van der Waals surface area contributed by atoms with Crippen LogP contribution in [0.4, 0.5) is 17.1 Å². The molecule has 10 rings (SSSR count). The van der Waals surface area contributed by atoms with Crippen molar-refractivity contribution in [1.29, 1.82) is 0 Å². The molecule has 252 valence electrons. The van der Waals surface area contributed by atoms with Gasteiger partial charge in [0.15, 0.2) is 0 Å². The Morgan fingerprint density at radius 1 is 0.415 bits per heavy atom. The van der Waals surface area contributed by atoms with E-state index < -0.39 is 0 Å². The number of para-hydroxylation sites is 2. The molecule has 0 N–H and O–H groups in total. The number of anilines is 3. The minimum Gasteiger partial charge on any atom is -0.308 e. The van der Waals surface area contributed by atoms with Gasteiger partial charge in [-0.25, -0.2) is 0 Å². The van der Waals surface area contributed by atoms with Crippen LogP contribution in [-0.4, -0.2) is 4.57 Å². The Morgan fingerprint density at radius 3 is 1.74 bits per heavy atom. The van der Waals surface area contributed by atoms with Crippen molar-refractivity contribution in [3.05, 3.63) is 205 Å². The zero-order chi connectivity index (χ0) is 35.5. The van der Waals surface area contributed by atoms with E-state index in [1.54, 1.807) is 0 Å². The van der Waals surface area contributed by atoms with Gasteiger partial charge in [-0.1, -0.05) is 166 Å². The number of nitrogens with zero attached hydrogens (tertiary/aromatic N) is 2. The SMILES string of the molecule is CC1(C)c2ccccc2-c2ccc(N(c3ccc(-c4ccccc4)cc3)c3c(-c4ccccc4)ccc4c5ccccc5n(-c5ccccc5)c34)cc21. The van der Waals surface area contributed by atoms with Crippen LogP contribution in [0.25, 0.3) is 60.9 Å². The van der Waals surface area contributed by atoms with E-state index in [1.807, 2.05) is 0 Å². The van der Waals surface area contributed by atoms with Gasteiger partial charge in [0.1, 0.15) is 0 Å². The van der Waals surface area contributed by atoms with Crippen molar-refractivity contribution in [1.82, 2.24) is 4.57 Å². The zero-order valence-corrected chi connectivity index (χ0v) is 29.9. The third-order valence-corrected chi connectivity index (χ3v) is 11.2. The second kappa shape index (κ2) is 12.3. The lowest BCUT2D eigenvalue weighted by Gasteiger charge is -2.31. The topological polar surface area (TPSA) is 8.17 Å². The minimum absolute atomic E-state index is 0.141. The van der Waals surface area contributed by atoms with Crippen molar-refractivity contribution >= 4 is 38.9 Å². The molecule has 0 fully saturated rings. The minimum atomic E-state index is -0.141. The van der Waals surface area contributed by atoms with Crippen molar-refractivity contribution in [2.75, 3.05) is 4.90 Å². The molecule has 0 unspecified atom stereocenters. The zero-order valence-electron chi connectivity index (χ0n) is 29.9. The maximum absolute atomic E-state index is 2.51. The largest absolute Gasteiger partial charge is 0.308 e. The van der Waals surface area contributed by atoms with Gasteiger partial charge in [0, 0.05) is 38.8 Å². The first-order valence-electron chi connectivity index (χ1n) is 18.4. The molecule has 0 aliphatic heterocycles. The molecule has 9 aromatic rings. The van der Waals surface area contributed by atoms with E-state index in [-0.39, 0.29) is 5.41 Å². The molecule has 2 heteroatoms. The molecule has 0 bridgehead atoms. The van der Waals surface area contributed by atoms with Gasteiger partial charge in [0.05, 0.1) is 16.7 Å². The highest BCUT2D eigenvalue weighted by Crippen LogP contribution is 2.53. The lowest BCUT2D eigenvalue weighted by Crippen LogP contribution is -2.17. The summed E-state index contributed by atoms with van der Waals surface area (Å²) in [5, 5.41) is 2.45. The highest BCUT2D eigenvalue weighted by atomic mass is 15.2. The summed E-state index contributed by atoms with van der Waals surface area (Å²) in [7, 11) is 0. The van der Waals surface area contributed by atoms with Gasteiger partial charge < -0.3 is 9.47 Å². The summed E-state index contributed by atoms with van der Waals surface area (Å²) in [6.07, 6.45) is 0. The fourth-order valence-electron chi connectivity index (χ4n) is 8.63. The van der Waals surface area contributed by atoms with E-state index in [4.69, 9.17) is 0 Å². The predicted octanol–water partition coefficient (Wildman–Crippen LogP) is 13.9. The number of aromatic nitrogens is 1. The molecule has 0 atom stereocenters. The molecule has 0 radical (unpaired) electrons. The second-order valence-corrected chi connectivity index (χ2v) is 14.6. The molecule has 8 aromatic carbocycles. The Balaban J connectivity index is 1.32. The summed E-state index contributed by atoms with van der Waals surface area (Å²) in [5.41, 5.74) is 16.9. The Hall–Kier alpha value is -6.64. The van der Waals surface area contributed by atoms with Gasteiger partial charge in [0.2, 0.25) is 0 Å². The number of rotatable bonds is 6. The molecular weight excluding hydrogens is 641 g/mol. The Labute approximate surface area is 310 Å². The lowest BCUT2D eigenvalue weighted by atomic mass is 9.82. The third-order valence-electron chi connectivity index (χ3n) is 11.2. The predicted molar refractivity (Wildman–Crippen MR) is 224 cm³/mol. The summed E-state index contributed by atoms with van der Waals surface area (Å²) < 4.78 is 2.46. The Kier molecular flexibility index (Phi) is 7.19. The van der Waals surface area contributed by atoms with Crippen LogP contribution in [0.5, 0.6) is 0 Å². The van der Waals surface area contributed by atoms with Crippen molar-refractivity contribution in [2.24, 2.45) is 0 Å². The molecule has 1 heterocycles. The van der Waals surface area contributed by atoms with Gasteiger partial charge in [0.25, 0.3) is 0 Å². The second-order valence-electron chi connectivity index (χ2n) is 14.6. The monoisotopic (exact) mass is 678 g/mol. The molecule has 0 spiro atoms. The van der Waals surface area contributed by atoms with E-state index in [2.05, 4.69) is 217 Å². The van der Waals surface area contributed by atoms with Crippen molar-refractivity contribution in [2.45, 2.75) is 19.3 Å². The maximum atomic E-state index is 2.51. The highest BCUT2D eigenvalue weighted by molar-refractivity contribution is 6.17. The van der Waals surface area contributed by atoms with Gasteiger partial charge >= 0.3 is 0 Å². The van der Waals surface area contributed by atoms with E-state index in [0.29, 0.717) is 0 Å². The van der Waals surface area contributed by atoms with Crippen LogP contribution < -0.4 is 4.90 Å². The summed E-state index contributed by atoms with van der Waals surface area (Å²) in [6.45, 7) is 4.73. The summed E-state index contributed by atoms with van der Waals surface area (Å²) >= 11 is 0. The average molecular weight is 679 g/mol. The molecule has 0 saturated carbocycles. The molecule has 0 saturated heterocycles. The van der Waals surface area contributed by atoms with Gasteiger partial charge in [-0.15, -0.1) is 0 Å². The van der Waals surface area contributed by atoms with Gasteiger partial charge in [-0.2, -0.15) is 0 Å². The average Bonchev–Trinajstić information content (AvgIpc) is 3.68. The van der Waals surface area contributed by atoms with Crippen LogP contribution in [-0.2, 0) is 5.41 Å². The fourth-order valence-corrected chi connectivity index (χ4v) is 8.63. The van der Waals surface area contributed by atoms with Crippen LogP contribution in [0.15, 0.2) is 194 Å². The van der Waals surface area contributed by atoms with Crippen molar-refractivity contribution < 1.29 is 0 Å². The first kappa shape index (κ1) is 31.1. The number of benzene rings is 8. The van der Waals surface area contributed by atoms with Gasteiger partial charge in [-0.05, 0) is 81.4 Å². The standard InChI is InChI=1S/C51H38N2/c1-51(2)46-24-14-12-22-42(46)43-31-30-40(34-47(43)51)52(39-28-26-36(27-29-39)35-16-6-3-7-17-35)49-41(37-18-8-4-9-19-37)32-33-45-44-23-13-15-25-48(44)53(50(45)49)38-20-10-5-11-21-38/h3-34H,1-2H3. The van der Waals surface area contributed by atoms with E-state index in [1.165, 1.54) is 66.3 Å². The third kappa shape index (κ3) is 4.94. The Morgan fingerprint density at radius 2 is 0.981 bits per heavy atom. The summed E-state index contributed by atoms with van der Waals surface area (Å²) in [5.74, 6) is 0. The molecule has 1 aromatic heterocycles. The fraction of sp³-hybridized carbons (Fsp3) is 0.0588. The quantitative estimate of drug-likeness (QED) is 0.170. The molecular formula is C51H38N2. The normalized spacial score (nSPS) is 12.9. The maximum Gasteiger partial charge on any atom is 0.0788 e. The van der Waals surface area contributed by atoms with Crippen LogP contribution >= 0.6 is 0 Å². The van der Waals surface area contributed by atoms with Crippen LogP contribution in [0.2, 0.25) is 0 Å². The number of hydrogen-bond acceptors (Lipinski definition) is 1.